The van der Waals surface area contributed by atoms with Crippen molar-refractivity contribution in [3.8, 4) is 0 Å². The Bertz CT molecular complexity index is 445. The Morgan fingerprint density at radius 3 is 2.78 bits per heavy atom. The largest absolute Gasteiger partial charge is 0.372 e. The molecule has 1 heterocycles. The number of carbonyl (C=O) groups is 1. The molecule has 0 saturated heterocycles. The highest BCUT2D eigenvalue weighted by atomic mass is 79.9. The summed E-state index contributed by atoms with van der Waals surface area (Å²) in [6.07, 6.45) is 0. The minimum atomic E-state index is 0.0964. The fraction of sp³-hybridized carbons (Fsp3) is 0.500. The number of hydrogen-bond donors (Lipinski definition) is 0. The maximum Gasteiger partial charge on any atom is 0.254 e. The third-order valence-corrected chi connectivity index (χ3v) is 3.53. The zero-order chi connectivity index (χ0) is 13.1. The molecule has 1 aromatic rings. The summed E-state index contributed by atoms with van der Waals surface area (Å²) >= 11 is 3.40. The van der Waals surface area contributed by atoms with Crippen LogP contribution >= 0.6 is 15.9 Å². The molecule has 2 rings (SSSR count). The number of nitrogens with zero attached hydrogens (tertiary/aromatic N) is 1. The van der Waals surface area contributed by atoms with Gasteiger partial charge in [-0.1, -0.05) is 22.0 Å². The number of carbonyl (C=O) groups excluding carboxylic acids is 1. The van der Waals surface area contributed by atoms with Crippen LogP contribution in [0.15, 0.2) is 18.2 Å². The van der Waals surface area contributed by atoms with Crippen LogP contribution < -0.4 is 0 Å². The molecular formula is C14H18BrNO2. The lowest BCUT2D eigenvalue weighted by molar-refractivity contribution is 0.0719. The number of benzene rings is 1. The van der Waals surface area contributed by atoms with E-state index in [1.54, 1.807) is 0 Å². The van der Waals surface area contributed by atoms with E-state index in [0.717, 1.165) is 23.0 Å². The summed E-state index contributed by atoms with van der Waals surface area (Å²) in [5, 5.41) is 0.797. The van der Waals surface area contributed by atoms with Crippen LogP contribution in [0.1, 0.15) is 35.3 Å². The second-order valence-corrected chi connectivity index (χ2v) is 5.55. The highest BCUT2D eigenvalue weighted by Crippen LogP contribution is 2.22. The van der Waals surface area contributed by atoms with Gasteiger partial charge < -0.3 is 9.64 Å². The summed E-state index contributed by atoms with van der Waals surface area (Å²) < 4.78 is 5.37. The first-order valence-corrected chi connectivity index (χ1v) is 7.32. The molecule has 4 heteroatoms. The molecule has 0 atom stereocenters. The molecule has 0 radical (unpaired) electrons. The highest BCUT2D eigenvalue weighted by molar-refractivity contribution is 9.09. The Morgan fingerprint density at radius 2 is 2.11 bits per heavy atom. The number of rotatable bonds is 4. The van der Waals surface area contributed by atoms with E-state index in [4.69, 9.17) is 4.74 Å². The Kier molecular flexibility index (Phi) is 4.40. The van der Waals surface area contributed by atoms with Crippen LogP contribution in [0.25, 0.3) is 0 Å². The molecule has 98 valence electrons. The summed E-state index contributed by atoms with van der Waals surface area (Å²) in [6, 6.07) is 6.08. The number of amides is 1. The second-order valence-electron chi connectivity index (χ2n) is 4.76. The van der Waals surface area contributed by atoms with Gasteiger partial charge in [0, 0.05) is 23.5 Å². The van der Waals surface area contributed by atoms with Crippen LogP contribution in [0, 0.1) is 0 Å². The smallest absolute Gasteiger partial charge is 0.254 e. The maximum atomic E-state index is 12.4. The average Bonchev–Trinajstić information content (AvgIpc) is 2.81. The predicted octanol–water partition coefficient (Wildman–Crippen LogP) is 2.96. The van der Waals surface area contributed by atoms with Crippen molar-refractivity contribution in [3.63, 3.8) is 0 Å². The van der Waals surface area contributed by atoms with Crippen LogP contribution in [-0.4, -0.2) is 28.7 Å². The van der Waals surface area contributed by atoms with Gasteiger partial charge in [-0.05, 0) is 37.1 Å². The summed E-state index contributed by atoms with van der Waals surface area (Å²) in [5.74, 6) is 0.0964. The Hall–Kier alpha value is -0.870. The third kappa shape index (κ3) is 2.75. The third-order valence-electron chi connectivity index (χ3n) is 3.18. The summed E-state index contributed by atoms with van der Waals surface area (Å²) in [7, 11) is 0. The first-order valence-electron chi connectivity index (χ1n) is 6.20. The van der Waals surface area contributed by atoms with Crippen LogP contribution in [-0.2, 0) is 18.0 Å². The van der Waals surface area contributed by atoms with Gasteiger partial charge >= 0.3 is 0 Å². The van der Waals surface area contributed by atoms with Crippen LogP contribution in [0.3, 0.4) is 0 Å². The number of fused-ring (bicyclic) bond motifs is 1. The molecule has 0 aromatic heterocycles. The zero-order valence-electron chi connectivity index (χ0n) is 10.8. The molecule has 0 saturated carbocycles. The van der Waals surface area contributed by atoms with Crippen molar-refractivity contribution in [2.24, 2.45) is 0 Å². The molecule has 18 heavy (non-hydrogen) atoms. The van der Waals surface area contributed by atoms with Crippen molar-refractivity contribution in [2.45, 2.75) is 33.1 Å². The molecule has 0 spiro atoms. The van der Waals surface area contributed by atoms with Crippen molar-refractivity contribution in [1.82, 2.24) is 4.90 Å². The van der Waals surface area contributed by atoms with Gasteiger partial charge in [0.15, 0.2) is 0 Å². The Labute approximate surface area is 116 Å². The lowest BCUT2D eigenvalue weighted by atomic mass is 10.1. The SMILES string of the molecule is CC(C)N(CCBr)C(=O)c1ccc2c(c1)COC2. The van der Waals surface area contributed by atoms with Gasteiger partial charge in [-0.3, -0.25) is 4.79 Å². The van der Waals surface area contributed by atoms with Gasteiger partial charge in [0.05, 0.1) is 13.2 Å². The summed E-state index contributed by atoms with van der Waals surface area (Å²) in [4.78, 5) is 14.3. The molecule has 1 aromatic carbocycles. The van der Waals surface area contributed by atoms with E-state index in [9.17, 15) is 4.79 Å². The van der Waals surface area contributed by atoms with E-state index < -0.39 is 0 Å². The minimum Gasteiger partial charge on any atom is -0.372 e. The maximum absolute atomic E-state index is 12.4. The molecule has 0 fully saturated rings. The normalized spacial score (nSPS) is 13.8. The van der Waals surface area contributed by atoms with Crippen LogP contribution in [0.5, 0.6) is 0 Å². The first-order chi connectivity index (χ1) is 8.63. The number of alkyl halides is 1. The average molecular weight is 312 g/mol. The molecular weight excluding hydrogens is 294 g/mol. The standard InChI is InChI=1S/C14H18BrNO2/c1-10(2)16(6-5-15)14(17)11-3-4-12-8-18-9-13(12)7-11/h3-4,7,10H,5-6,8-9H2,1-2H3. The number of hydrogen-bond acceptors (Lipinski definition) is 2. The van der Waals surface area contributed by atoms with Crippen molar-refractivity contribution >= 4 is 21.8 Å². The van der Waals surface area contributed by atoms with Gasteiger partial charge in [-0.25, -0.2) is 0 Å². The molecule has 0 unspecified atom stereocenters. The molecule has 0 aliphatic carbocycles. The van der Waals surface area contributed by atoms with E-state index in [1.165, 1.54) is 5.56 Å². The first kappa shape index (κ1) is 13.6. The van der Waals surface area contributed by atoms with Crippen molar-refractivity contribution in [3.05, 3.63) is 34.9 Å². The molecule has 0 N–H and O–H groups in total. The van der Waals surface area contributed by atoms with E-state index in [-0.39, 0.29) is 11.9 Å². The van der Waals surface area contributed by atoms with Gasteiger partial charge in [0.25, 0.3) is 5.91 Å². The summed E-state index contributed by atoms with van der Waals surface area (Å²) in [6.45, 7) is 6.09. The molecule has 1 amide bonds. The zero-order valence-corrected chi connectivity index (χ0v) is 12.4. The lowest BCUT2D eigenvalue weighted by Crippen LogP contribution is -2.38. The summed E-state index contributed by atoms with van der Waals surface area (Å²) in [5.41, 5.74) is 3.10. The van der Waals surface area contributed by atoms with Crippen molar-refractivity contribution in [1.29, 1.82) is 0 Å². The van der Waals surface area contributed by atoms with E-state index in [2.05, 4.69) is 15.9 Å². The Balaban J connectivity index is 2.22. The number of halogens is 1. The highest BCUT2D eigenvalue weighted by Gasteiger charge is 2.20. The monoisotopic (exact) mass is 311 g/mol. The predicted molar refractivity (Wildman–Crippen MR) is 74.9 cm³/mol. The topological polar surface area (TPSA) is 29.5 Å². The second kappa shape index (κ2) is 5.85. The molecule has 1 aliphatic heterocycles. The van der Waals surface area contributed by atoms with Crippen LogP contribution in [0.4, 0.5) is 0 Å². The molecule has 1 aliphatic rings. The van der Waals surface area contributed by atoms with E-state index in [1.807, 2.05) is 36.9 Å². The minimum absolute atomic E-state index is 0.0964. The lowest BCUT2D eigenvalue weighted by Gasteiger charge is -2.26. The molecule has 0 bridgehead atoms. The quantitative estimate of drug-likeness (QED) is 0.800. The van der Waals surface area contributed by atoms with Gasteiger partial charge in [-0.2, -0.15) is 0 Å². The fourth-order valence-electron chi connectivity index (χ4n) is 2.16. The Morgan fingerprint density at radius 1 is 1.39 bits per heavy atom. The van der Waals surface area contributed by atoms with E-state index in [0.29, 0.717) is 13.2 Å². The van der Waals surface area contributed by atoms with Gasteiger partial charge in [0.2, 0.25) is 0 Å². The van der Waals surface area contributed by atoms with Crippen molar-refractivity contribution < 1.29 is 9.53 Å². The van der Waals surface area contributed by atoms with E-state index >= 15 is 0 Å². The van der Waals surface area contributed by atoms with Gasteiger partial charge in [0.1, 0.15) is 0 Å². The van der Waals surface area contributed by atoms with Crippen molar-refractivity contribution in [2.75, 3.05) is 11.9 Å². The van der Waals surface area contributed by atoms with Gasteiger partial charge in [-0.15, -0.1) is 0 Å². The van der Waals surface area contributed by atoms with Crippen LogP contribution in [0.2, 0.25) is 0 Å². The molecule has 3 nitrogen and oxygen atoms in total. The number of ether oxygens (including phenoxy) is 1. The fourth-order valence-corrected chi connectivity index (χ4v) is 2.54.